The van der Waals surface area contributed by atoms with Gasteiger partial charge in [-0.1, -0.05) is 27.7 Å². The smallest absolute Gasteiger partial charge is 0.311 e. The number of methoxy groups -OCH3 is 1. The maximum Gasteiger partial charge on any atom is 0.311 e. The first-order valence-corrected chi connectivity index (χ1v) is 18.8. The number of aliphatic hydroxyl groups is 5. The molecule has 3 rings (SSSR count). The van der Waals surface area contributed by atoms with Gasteiger partial charge in [-0.3, -0.25) is 4.79 Å². The number of rotatable bonds is 7. The molecule has 3 aliphatic heterocycles. The Morgan fingerprint density at radius 3 is 2.10 bits per heavy atom. The first kappa shape index (κ1) is 44.4. The van der Waals surface area contributed by atoms with Gasteiger partial charge in [0.25, 0.3) is 0 Å². The zero-order valence-corrected chi connectivity index (χ0v) is 33.2. The van der Waals surface area contributed by atoms with Gasteiger partial charge >= 0.3 is 5.97 Å². The summed E-state index contributed by atoms with van der Waals surface area (Å²) in [6.07, 6.45) is -8.93. The number of esters is 1. The lowest BCUT2D eigenvalue weighted by molar-refractivity contribution is -0.319. The van der Waals surface area contributed by atoms with Crippen molar-refractivity contribution in [1.29, 1.82) is 0 Å². The molecule has 19 unspecified atom stereocenters. The van der Waals surface area contributed by atoms with Gasteiger partial charge in [-0.05, 0) is 87.4 Å². The van der Waals surface area contributed by atoms with Crippen molar-refractivity contribution < 1.29 is 58.7 Å². The molecule has 0 aromatic carbocycles. The lowest BCUT2D eigenvalue weighted by Gasteiger charge is -2.48. The third-order valence-corrected chi connectivity index (χ3v) is 11.6. The Kier molecular flexibility index (Phi) is 15.7. The summed E-state index contributed by atoms with van der Waals surface area (Å²) in [6.45, 7) is 17.9. The zero-order valence-electron chi connectivity index (χ0n) is 33.2. The van der Waals surface area contributed by atoms with Crippen LogP contribution in [0.1, 0.15) is 88.5 Å². The van der Waals surface area contributed by atoms with Crippen molar-refractivity contribution in [3.63, 3.8) is 0 Å². The van der Waals surface area contributed by atoms with Crippen LogP contribution in [-0.2, 0) is 33.2 Å². The molecule has 3 heterocycles. The Balaban J connectivity index is 2.16. The SMILES string of the molecule is CCC1OC(=O)C(C)C(OC2OC(C)C(O)C(OC)C2C)C(C)C(OC2OC(C)CC(N(C)C)C2O)C(C)(O)CC(C)CNC(C)C(O)C1(C)O. The maximum absolute atomic E-state index is 14.1. The van der Waals surface area contributed by atoms with E-state index in [9.17, 15) is 30.3 Å². The molecule has 0 aromatic heterocycles. The number of likely N-dealkylation sites (N-methyl/N-ethyl adjacent to an activating group) is 1. The molecule has 0 aliphatic carbocycles. The Hall–Kier alpha value is -1.01. The largest absolute Gasteiger partial charge is 0.459 e. The number of carbonyl (C=O) groups is 1. The van der Waals surface area contributed by atoms with Crippen molar-refractivity contribution in [2.24, 2.45) is 23.7 Å². The van der Waals surface area contributed by atoms with E-state index < -0.39 is 102 Å². The van der Waals surface area contributed by atoms with Crippen molar-refractivity contribution >= 4 is 5.97 Å². The first-order valence-electron chi connectivity index (χ1n) is 18.8. The molecule has 300 valence electrons. The quantitative estimate of drug-likeness (QED) is 0.206. The van der Waals surface area contributed by atoms with Crippen molar-refractivity contribution in [3.05, 3.63) is 0 Å². The van der Waals surface area contributed by atoms with Crippen molar-refractivity contribution in [2.75, 3.05) is 27.7 Å². The first-order chi connectivity index (χ1) is 23.6. The third kappa shape index (κ3) is 10.2. The minimum atomic E-state index is -1.80. The summed E-state index contributed by atoms with van der Waals surface area (Å²) in [5.41, 5.74) is -3.36. The van der Waals surface area contributed by atoms with Crippen LogP contribution in [0.4, 0.5) is 0 Å². The zero-order chi connectivity index (χ0) is 38.7. The Bertz CT molecular complexity index is 1100. The molecule has 6 N–H and O–H groups in total. The van der Waals surface area contributed by atoms with Crippen LogP contribution in [0, 0.1) is 23.7 Å². The monoisotopic (exact) mass is 734 g/mol. The number of nitrogens with zero attached hydrogens (tertiary/aromatic N) is 1. The molecule has 3 fully saturated rings. The predicted molar refractivity (Wildman–Crippen MR) is 189 cm³/mol. The van der Waals surface area contributed by atoms with Crippen LogP contribution >= 0.6 is 0 Å². The summed E-state index contributed by atoms with van der Waals surface area (Å²) in [6, 6.07) is -0.858. The lowest BCUT2D eigenvalue weighted by atomic mass is 9.77. The molecule has 51 heavy (non-hydrogen) atoms. The number of hydrogen-bond donors (Lipinski definition) is 6. The van der Waals surface area contributed by atoms with Crippen LogP contribution in [-0.4, -0.2) is 155 Å². The van der Waals surface area contributed by atoms with E-state index in [4.69, 9.17) is 28.4 Å². The topological polar surface area (TPSA) is 189 Å². The molecule has 0 amide bonds. The number of hydrogen-bond acceptors (Lipinski definition) is 14. The molecule has 0 bridgehead atoms. The van der Waals surface area contributed by atoms with Gasteiger partial charge in [-0.25, -0.2) is 0 Å². The van der Waals surface area contributed by atoms with Gasteiger partial charge in [0.05, 0.1) is 42.0 Å². The summed E-state index contributed by atoms with van der Waals surface area (Å²) in [5, 5.41) is 60.9. The molecular formula is C37H70N2O12. The van der Waals surface area contributed by atoms with Crippen LogP contribution in [0.5, 0.6) is 0 Å². The average Bonchev–Trinajstić information content (AvgIpc) is 3.05. The van der Waals surface area contributed by atoms with E-state index in [1.54, 1.807) is 34.6 Å². The molecule has 3 aliphatic rings. The third-order valence-electron chi connectivity index (χ3n) is 11.6. The molecular weight excluding hydrogens is 664 g/mol. The molecule has 0 radical (unpaired) electrons. The van der Waals surface area contributed by atoms with E-state index in [1.165, 1.54) is 14.0 Å². The Morgan fingerprint density at radius 2 is 1.53 bits per heavy atom. The number of aliphatic hydroxyl groups excluding tert-OH is 3. The van der Waals surface area contributed by atoms with Crippen molar-refractivity contribution in [2.45, 2.75) is 179 Å². The predicted octanol–water partition coefficient (Wildman–Crippen LogP) is 1.41. The van der Waals surface area contributed by atoms with E-state index in [0.29, 0.717) is 13.0 Å². The van der Waals surface area contributed by atoms with Crippen LogP contribution in [0.15, 0.2) is 0 Å². The number of cyclic esters (lactones) is 1. The number of ether oxygens (including phenoxy) is 6. The van der Waals surface area contributed by atoms with E-state index in [2.05, 4.69) is 5.32 Å². The van der Waals surface area contributed by atoms with Gasteiger partial charge in [0.2, 0.25) is 0 Å². The molecule has 0 spiro atoms. The van der Waals surface area contributed by atoms with Crippen LogP contribution in [0.2, 0.25) is 0 Å². The van der Waals surface area contributed by atoms with Gasteiger partial charge in [0, 0.05) is 31.0 Å². The van der Waals surface area contributed by atoms with Crippen LogP contribution in [0.3, 0.4) is 0 Å². The van der Waals surface area contributed by atoms with Crippen LogP contribution in [0.25, 0.3) is 0 Å². The normalized spacial score (nSPS) is 49.9. The second kappa shape index (κ2) is 18.1. The van der Waals surface area contributed by atoms with Crippen molar-refractivity contribution in [3.8, 4) is 0 Å². The number of carbonyl (C=O) groups excluding carboxylic acids is 1. The highest BCUT2D eigenvalue weighted by Gasteiger charge is 2.52. The minimum Gasteiger partial charge on any atom is -0.459 e. The molecule has 14 nitrogen and oxygen atoms in total. The molecule has 3 saturated heterocycles. The van der Waals surface area contributed by atoms with Crippen LogP contribution < -0.4 is 5.32 Å². The highest BCUT2D eigenvalue weighted by molar-refractivity contribution is 5.73. The summed E-state index contributed by atoms with van der Waals surface area (Å²) in [7, 11) is 5.27. The highest BCUT2D eigenvalue weighted by atomic mass is 16.7. The second-order valence-electron chi connectivity index (χ2n) is 16.5. The van der Waals surface area contributed by atoms with E-state index in [-0.39, 0.29) is 30.9 Å². The van der Waals surface area contributed by atoms with Crippen molar-refractivity contribution in [1.82, 2.24) is 10.2 Å². The van der Waals surface area contributed by atoms with Gasteiger partial charge in [-0.2, -0.15) is 0 Å². The van der Waals surface area contributed by atoms with E-state index in [1.807, 2.05) is 46.7 Å². The van der Waals surface area contributed by atoms with Gasteiger partial charge in [0.15, 0.2) is 12.6 Å². The Labute approximate surface area is 305 Å². The Morgan fingerprint density at radius 1 is 0.902 bits per heavy atom. The summed E-state index contributed by atoms with van der Waals surface area (Å²) >= 11 is 0. The maximum atomic E-state index is 14.1. The minimum absolute atomic E-state index is 0.156. The second-order valence-corrected chi connectivity index (χ2v) is 16.5. The lowest BCUT2D eigenvalue weighted by Crippen LogP contribution is -2.60. The van der Waals surface area contributed by atoms with E-state index in [0.717, 1.165) is 0 Å². The fraction of sp³-hybridized carbons (Fsp3) is 0.973. The summed E-state index contributed by atoms with van der Waals surface area (Å²) < 4.78 is 37.4. The molecule has 0 aromatic rings. The number of nitrogens with one attached hydrogen (secondary N) is 1. The molecule has 14 heteroatoms. The van der Waals surface area contributed by atoms with Gasteiger partial charge in [0.1, 0.15) is 30.0 Å². The fourth-order valence-electron chi connectivity index (χ4n) is 8.41. The van der Waals surface area contributed by atoms with Gasteiger partial charge < -0.3 is 64.2 Å². The van der Waals surface area contributed by atoms with Gasteiger partial charge in [-0.15, -0.1) is 0 Å². The molecule has 0 saturated carbocycles. The highest BCUT2D eigenvalue weighted by Crippen LogP contribution is 2.39. The summed E-state index contributed by atoms with van der Waals surface area (Å²) in [5.74, 6) is -3.07. The summed E-state index contributed by atoms with van der Waals surface area (Å²) in [4.78, 5) is 16.1. The fourth-order valence-corrected chi connectivity index (χ4v) is 8.41. The van der Waals surface area contributed by atoms with E-state index >= 15 is 0 Å². The standard InChI is InChI=1S/C37H70N2O12/c1-14-26-37(10,45)31(42)23(7)38-17-18(2)16-36(9,44)32(51-35-28(41)25(39(11)12)15-19(3)47-35)20(4)29(21(5)33(43)49-26)50-34-22(6)30(46-13)27(40)24(8)48-34/h18-32,34-35,38,40-42,44-45H,14-17H2,1-13H3. The average molecular weight is 735 g/mol. The molecule has 19 atom stereocenters.